The number of halogens is 3. The fourth-order valence-electron chi connectivity index (χ4n) is 2.92. The van der Waals surface area contributed by atoms with Gasteiger partial charge in [0.1, 0.15) is 18.1 Å². The number of anilines is 1. The molecule has 1 fully saturated rings. The van der Waals surface area contributed by atoms with E-state index in [1.54, 1.807) is 24.5 Å². The van der Waals surface area contributed by atoms with Crippen LogP contribution in [0.15, 0.2) is 42.7 Å². The first-order valence-electron chi connectivity index (χ1n) is 8.31. The van der Waals surface area contributed by atoms with Gasteiger partial charge in [0.05, 0.1) is 17.9 Å². The van der Waals surface area contributed by atoms with Crippen molar-refractivity contribution in [3.63, 3.8) is 0 Å². The van der Waals surface area contributed by atoms with Crippen molar-refractivity contribution in [1.29, 1.82) is 0 Å². The molecule has 6 nitrogen and oxygen atoms in total. The van der Waals surface area contributed by atoms with Gasteiger partial charge in [0, 0.05) is 37.5 Å². The van der Waals surface area contributed by atoms with E-state index in [1.165, 1.54) is 12.1 Å². The van der Waals surface area contributed by atoms with Crippen molar-refractivity contribution in [3.8, 4) is 11.5 Å². The van der Waals surface area contributed by atoms with Crippen molar-refractivity contribution < 1.29 is 27.4 Å². The molecule has 1 atom stereocenters. The zero-order valence-electron chi connectivity index (χ0n) is 14.3. The van der Waals surface area contributed by atoms with Crippen LogP contribution in [0.4, 0.5) is 18.9 Å². The zero-order valence-corrected chi connectivity index (χ0v) is 14.3. The van der Waals surface area contributed by atoms with E-state index in [2.05, 4.69) is 15.0 Å². The predicted molar refractivity (Wildman–Crippen MR) is 92.2 cm³/mol. The van der Waals surface area contributed by atoms with E-state index >= 15 is 0 Å². The normalized spacial score (nSPS) is 17.4. The highest BCUT2D eigenvalue weighted by Gasteiger charge is 2.32. The Labute approximate surface area is 153 Å². The quantitative estimate of drug-likeness (QED) is 0.777. The molecule has 1 saturated heterocycles. The number of rotatable bonds is 6. The maximum absolute atomic E-state index is 12.5. The van der Waals surface area contributed by atoms with E-state index < -0.39 is 6.36 Å². The number of carbonyl (C=O) groups is 1. The summed E-state index contributed by atoms with van der Waals surface area (Å²) in [6.45, 7) is 1.98. The largest absolute Gasteiger partial charge is 0.573 e. The molecule has 9 heteroatoms. The number of benzene rings is 1. The van der Waals surface area contributed by atoms with Crippen LogP contribution < -0.4 is 19.7 Å². The summed E-state index contributed by atoms with van der Waals surface area (Å²) in [7, 11) is 0. The lowest BCUT2D eigenvalue weighted by atomic mass is 10.1. The second kappa shape index (κ2) is 8.26. The number of ether oxygens (including phenoxy) is 2. The van der Waals surface area contributed by atoms with Crippen LogP contribution in [0.25, 0.3) is 0 Å². The van der Waals surface area contributed by atoms with Gasteiger partial charge >= 0.3 is 6.36 Å². The first-order chi connectivity index (χ1) is 13.0. The average molecular weight is 381 g/mol. The highest BCUT2D eigenvalue weighted by atomic mass is 19.4. The molecule has 0 saturated carbocycles. The van der Waals surface area contributed by atoms with E-state index in [4.69, 9.17) is 4.74 Å². The molecule has 3 rings (SSSR count). The van der Waals surface area contributed by atoms with Gasteiger partial charge in [0.15, 0.2) is 6.29 Å². The number of nitrogens with one attached hydrogen (secondary N) is 1. The fourth-order valence-corrected chi connectivity index (χ4v) is 2.92. The van der Waals surface area contributed by atoms with Gasteiger partial charge in [0.2, 0.25) is 0 Å². The fraction of sp³-hybridized carbons (Fsp3) is 0.333. The lowest BCUT2D eigenvalue weighted by Gasteiger charge is -2.38. The molecule has 1 aromatic carbocycles. The van der Waals surface area contributed by atoms with Crippen molar-refractivity contribution in [3.05, 3.63) is 48.3 Å². The Balaban J connectivity index is 1.82. The van der Waals surface area contributed by atoms with E-state index in [0.29, 0.717) is 37.4 Å². The Morgan fingerprint density at radius 1 is 1.30 bits per heavy atom. The van der Waals surface area contributed by atoms with Crippen molar-refractivity contribution in [2.24, 2.45) is 0 Å². The predicted octanol–water partition coefficient (Wildman–Crippen LogP) is 2.65. The topological polar surface area (TPSA) is 63.7 Å². The third-order valence-electron chi connectivity index (χ3n) is 4.10. The molecule has 1 aliphatic rings. The highest BCUT2D eigenvalue weighted by Crippen LogP contribution is 2.31. The van der Waals surface area contributed by atoms with Gasteiger partial charge in [-0.25, -0.2) is 0 Å². The lowest BCUT2D eigenvalue weighted by Crippen LogP contribution is -2.54. The minimum Gasteiger partial charge on any atom is -0.490 e. The first-order valence-corrected chi connectivity index (χ1v) is 8.31. The standard InChI is InChI=1S/C18H18F3N3O3/c19-18(20,21)27-15-4-3-13(11-25)17(8-15)24-7-6-23-9-14(24)12-26-16-2-1-5-22-10-16/h1-5,8,10-11,14,23H,6-7,9,12H2. The second-order valence-corrected chi connectivity index (χ2v) is 5.94. The summed E-state index contributed by atoms with van der Waals surface area (Å²) in [4.78, 5) is 17.2. The van der Waals surface area contributed by atoms with Crippen LogP contribution in [0, 0.1) is 0 Å². The molecule has 1 aromatic heterocycles. The average Bonchev–Trinajstić information content (AvgIpc) is 2.66. The SMILES string of the molecule is O=Cc1ccc(OC(F)(F)F)cc1N1CCNCC1COc1cccnc1. The molecule has 0 radical (unpaired) electrons. The number of aromatic nitrogens is 1. The number of piperazine rings is 1. The molecule has 2 heterocycles. The molecule has 1 N–H and O–H groups in total. The van der Waals surface area contributed by atoms with Gasteiger partial charge in [-0.05, 0) is 24.3 Å². The van der Waals surface area contributed by atoms with E-state index in [-0.39, 0.29) is 24.0 Å². The van der Waals surface area contributed by atoms with Crippen LogP contribution in [-0.4, -0.2) is 49.9 Å². The van der Waals surface area contributed by atoms with E-state index in [9.17, 15) is 18.0 Å². The number of hydrogen-bond donors (Lipinski definition) is 1. The Bertz CT molecular complexity index is 771. The zero-order chi connectivity index (χ0) is 19.3. The minimum atomic E-state index is -4.80. The van der Waals surface area contributed by atoms with Gasteiger partial charge < -0.3 is 19.7 Å². The minimum absolute atomic E-state index is 0.182. The van der Waals surface area contributed by atoms with Crippen molar-refractivity contribution >= 4 is 12.0 Å². The number of aldehydes is 1. The Morgan fingerprint density at radius 2 is 2.15 bits per heavy atom. The Hall–Kier alpha value is -2.81. The van der Waals surface area contributed by atoms with Gasteiger partial charge in [-0.3, -0.25) is 9.78 Å². The molecule has 0 bridgehead atoms. The number of pyridine rings is 1. The second-order valence-electron chi connectivity index (χ2n) is 5.94. The summed E-state index contributed by atoms with van der Waals surface area (Å²) in [5.74, 6) is 0.223. The van der Waals surface area contributed by atoms with Crippen LogP contribution in [0.5, 0.6) is 11.5 Å². The number of carbonyl (C=O) groups excluding carboxylic acids is 1. The van der Waals surface area contributed by atoms with E-state index in [0.717, 1.165) is 6.07 Å². The summed E-state index contributed by atoms with van der Waals surface area (Å²) in [5.41, 5.74) is 0.672. The summed E-state index contributed by atoms with van der Waals surface area (Å²) in [6.07, 6.45) is -0.973. The maximum atomic E-state index is 12.5. The molecule has 0 aliphatic carbocycles. The van der Waals surface area contributed by atoms with Gasteiger partial charge in [0.25, 0.3) is 0 Å². The smallest absolute Gasteiger partial charge is 0.490 e. The third kappa shape index (κ3) is 5.10. The van der Waals surface area contributed by atoms with Gasteiger partial charge in [-0.1, -0.05) is 0 Å². The lowest BCUT2D eigenvalue weighted by molar-refractivity contribution is -0.274. The monoisotopic (exact) mass is 381 g/mol. The van der Waals surface area contributed by atoms with Gasteiger partial charge in [-0.15, -0.1) is 13.2 Å². The molecule has 1 aliphatic heterocycles. The van der Waals surface area contributed by atoms with Crippen LogP contribution in [-0.2, 0) is 0 Å². The van der Waals surface area contributed by atoms with Crippen LogP contribution in [0.2, 0.25) is 0 Å². The number of alkyl halides is 3. The highest BCUT2D eigenvalue weighted by molar-refractivity contribution is 5.85. The third-order valence-corrected chi connectivity index (χ3v) is 4.10. The Kier molecular flexibility index (Phi) is 5.80. The van der Waals surface area contributed by atoms with Crippen molar-refractivity contribution in [2.45, 2.75) is 12.4 Å². The molecule has 27 heavy (non-hydrogen) atoms. The van der Waals surface area contributed by atoms with Crippen LogP contribution in [0.3, 0.4) is 0 Å². The molecular formula is C18H18F3N3O3. The molecular weight excluding hydrogens is 363 g/mol. The van der Waals surface area contributed by atoms with Crippen LogP contribution in [0.1, 0.15) is 10.4 Å². The Morgan fingerprint density at radius 3 is 2.85 bits per heavy atom. The van der Waals surface area contributed by atoms with Gasteiger partial charge in [-0.2, -0.15) is 0 Å². The number of nitrogens with zero attached hydrogens (tertiary/aromatic N) is 2. The number of hydrogen-bond acceptors (Lipinski definition) is 6. The summed E-state index contributed by atoms with van der Waals surface area (Å²) in [5, 5.41) is 3.22. The van der Waals surface area contributed by atoms with E-state index in [1.807, 2.05) is 4.90 Å². The first kappa shape index (κ1) is 19.0. The molecule has 0 amide bonds. The molecule has 0 spiro atoms. The van der Waals surface area contributed by atoms with Crippen molar-refractivity contribution in [2.75, 3.05) is 31.1 Å². The molecule has 144 valence electrons. The van der Waals surface area contributed by atoms with Crippen molar-refractivity contribution in [1.82, 2.24) is 10.3 Å². The molecule has 1 unspecified atom stereocenters. The summed E-state index contributed by atoms with van der Waals surface area (Å²) >= 11 is 0. The van der Waals surface area contributed by atoms with Crippen LogP contribution >= 0.6 is 0 Å². The molecule has 2 aromatic rings. The summed E-state index contributed by atoms with van der Waals surface area (Å²) < 4.78 is 47.4. The summed E-state index contributed by atoms with van der Waals surface area (Å²) in [6, 6.07) is 7.02. The maximum Gasteiger partial charge on any atom is 0.573 e.